The first kappa shape index (κ1) is 6.82. The van der Waals surface area contributed by atoms with Crippen molar-refractivity contribution in [3.8, 4) is 0 Å². The molecule has 3 nitrogen and oxygen atoms in total. The Labute approximate surface area is 67.9 Å². The van der Waals surface area contributed by atoms with E-state index in [-0.39, 0.29) is 6.61 Å². The van der Waals surface area contributed by atoms with Gasteiger partial charge in [0.05, 0.1) is 18.5 Å². The van der Waals surface area contributed by atoms with E-state index in [0.29, 0.717) is 0 Å². The van der Waals surface area contributed by atoms with Crippen molar-refractivity contribution >= 4 is 16.2 Å². The number of aromatic nitrogens is 2. The highest BCUT2D eigenvalue weighted by Gasteiger charge is 2.04. The highest BCUT2D eigenvalue weighted by Crippen LogP contribution is 2.17. The van der Waals surface area contributed by atoms with Crippen molar-refractivity contribution in [1.29, 1.82) is 0 Å². The molecular formula is C7H8N2OS. The van der Waals surface area contributed by atoms with E-state index in [4.69, 9.17) is 5.11 Å². The van der Waals surface area contributed by atoms with E-state index in [1.54, 1.807) is 11.3 Å². The molecule has 1 N–H and O–H groups in total. The van der Waals surface area contributed by atoms with Crippen LogP contribution < -0.4 is 0 Å². The predicted molar refractivity (Wildman–Crippen MR) is 43.7 cm³/mol. The van der Waals surface area contributed by atoms with E-state index in [0.717, 1.165) is 16.3 Å². The molecule has 0 unspecified atom stereocenters. The molecule has 0 aromatic carbocycles. The molecule has 0 saturated carbocycles. The van der Waals surface area contributed by atoms with Gasteiger partial charge in [-0.05, 0) is 6.92 Å². The third-order valence-electron chi connectivity index (χ3n) is 1.67. The second kappa shape index (κ2) is 2.32. The molecule has 0 bridgehead atoms. The Bertz CT molecular complexity index is 377. The van der Waals surface area contributed by atoms with Gasteiger partial charge in [-0.1, -0.05) is 0 Å². The lowest BCUT2D eigenvalue weighted by Crippen LogP contribution is -1.92. The van der Waals surface area contributed by atoms with Crippen LogP contribution in [0.5, 0.6) is 0 Å². The van der Waals surface area contributed by atoms with Crippen molar-refractivity contribution in [2.45, 2.75) is 13.5 Å². The number of nitrogens with zero attached hydrogens (tertiary/aromatic N) is 2. The summed E-state index contributed by atoms with van der Waals surface area (Å²) in [6.45, 7) is 2.01. The smallest absolute Gasteiger partial charge is 0.119 e. The first-order valence-electron chi connectivity index (χ1n) is 3.34. The minimum atomic E-state index is 0.0806. The lowest BCUT2D eigenvalue weighted by molar-refractivity contribution is 0.276. The molecule has 58 valence electrons. The Morgan fingerprint density at radius 3 is 3.27 bits per heavy atom. The first-order chi connectivity index (χ1) is 5.33. The molecule has 2 heterocycles. The third-order valence-corrected chi connectivity index (χ3v) is 2.59. The van der Waals surface area contributed by atoms with Gasteiger partial charge in [0.1, 0.15) is 10.7 Å². The van der Waals surface area contributed by atoms with Crippen LogP contribution in [0.25, 0.3) is 4.83 Å². The van der Waals surface area contributed by atoms with Crippen LogP contribution in [0.3, 0.4) is 0 Å². The lowest BCUT2D eigenvalue weighted by Gasteiger charge is -1.93. The number of rotatable bonds is 1. The number of aryl methyl sites for hydroxylation is 1. The van der Waals surface area contributed by atoms with Gasteiger partial charge in [0.25, 0.3) is 0 Å². The molecule has 2 rings (SSSR count). The van der Waals surface area contributed by atoms with Crippen molar-refractivity contribution in [1.82, 2.24) is 9.38 Å². The Balaban J connectivity index is 2.80. The molecule has 0 atom stereocenters. The maximum Gasteiger partial charge on any atom is 0.119 e. The van der Waals surface area contributed by atoms with Crippen LogP contribution in [0.1, 0.15) is 11.5 Å². The fourth-order valence-corrected chi connectivity index (χ4v) is 2.05. The topological polar surface area (TPSA) is 37.5 Å². The van der Waals surface area contributed by atoms with E-state index in [1.807, 2.05) is 22.9 Å². The predicted octanol–water partition coefficient (Wildman–Crippen LogP) is 1.20. The molecule has 0 fully saturated rings. The molecular weight excluding hydrogens is 160 g/mol. The van der Waals surface area contributed by atoms with Gasteiger partial charge in [-0.25, -0.2) is 4.98 Å². The van der Waals surface area contributed by atoms with Crippen molar-refractivity contribution < 1.29 is 5.11 Å². The van der Waals surface area contributed by atoms with Crippen molar-refractivity contribution in [3.05, 3.63) is 23.1 Å². The average Bonchev–Trinajstić information content (AvgIpc) is 2.54. The molecule has 0 aliphatic heterocycles. The maximum absolute atomic E-state index is 8.93. The standard InChI is InChI=1S/C7H8N2OS/c1-5-8-2-7-9(5)6(3-10)4-11-7/h2,4,10H,3H2,1H3. The Morgan fingerprint density at radius 2 is 2.55 bits per heavy atom. The van der Waals surface area contributed by atoms with E-state index in [9.17, 15) is 0 Å². The second-order valence-electron chi connectivity index (χ2n) is 2.36. The number of thiazole rings is 1. The van der Waals surface area contributed by atoms with Crippen LogP contribution in [-0.4, -0.2) is 14.5 Å². The van der Waals surface area contributed by atoms with Gasteiger partial charge in [0.2, 0.25) is 0 Å². The molecule has 0 aliphatic carbocycles. The van der Waals surface area contributed by atoms with Crippen LogP contribution >= 0.6 is 11.3 Å². The number of imidazole rings is 1. The number of aliphatic hydroxyl groups excluding tert-OH is 1. The molecule has 2 aromatic rings. The van der Waals surface area contributed by atoms with Crippen molar-refractivity contribution in [2.24, 2.45) is 0 Å². The summed E-state index contributed by atoms with van der Waals surface area (Å²) >= 11 is 1.60. The van der Waals surface area contributed by atoms with Gasteiger partial charge in [0.15, 0.2) is 0 Å². The minimum Gasteiger partial charge on any atom is -0.390 e. The Kier molecular flexibility index (Phi) is 1.44. The monoisotopic (exact) mass is 168 g/mol. The van der Waals surface area contributed by atoms with E-state index in [2.05, 4.69) is 4.98 Å². The average molecular weight is 168 g/mol. The largest absolute Gasteiger partial charge is 0.390 e. The summed E-state index contributed by atoms with van der Waals surface area (Å²) in [4.78, 5) is 5.22. The SMILES string of the molecule is Cc1ncc2scc(CO)n12. The Morgan fingerprint density at radius 1 is 1.73 bits per heavy atom. The zero-order chi connectivity index (χ0) is 7.84. The highest BCUT2D eigenvalue weighted by atomic mass is 32.1. The summed E-state index contributed by atoms with van der Waals surface area (Å²) in [6, 6.07) is 0. The van der Waals surface area contributed by atoms with Crippen LogP contribution in [0.2, 0.25) is 0 Å². The molecule has 0 radical (unpaired) electrons. The van der Waals surface area contributed by atoms with E-state index >= 15 is 0 Å². The minimum absolute atomic E-state index is 0.0806. The Hall–Kier alpha value is -0.870. The van der Waals surface area contributed by atoms with Crippen LogP contribution in [0.15, 0.2) is 11.6 Å². The third kappa shape index (κ3) is 0.868. The molecule has 11 heavy (non-hydrogen) atoms. The lowest BCUT2D eigenvalue weighted by atomic mass is 10.5. The fraction of sp³-hybridized carbons (Fsp3) is 0.286. The summed E-state index contributed by atoms with van der Waals surface area (Å²) in [5, 5.41) is 10.9. The van der Waals surface area contributed by atoms with Crippen LogP contribution in [-0.2, 0) is 6.61 Å². The zero-order valence-corrected chi connectivity index (χ0v) is 6.93. The van der Waals surface area contributed by atoms with Crippen LogP contribution in [0.4, 0.5) is 0 Å². The summed E-state index contributed by atoms with van der Waals surface area (Å²) in [5.74, 6) is 0.935. The van der Waals surface area contributed by atoms with Gasteiger partial charge < -0.3 is 5.11 Å². The first-order valence-corrected chi connectivity index (χ1v) is 4.22. The number of aliphatic hydroxyl groups is 1. The molecule has 4 heteroatoms. The van der Waals surface area contributed by atoms with Crippen molar-refractivity contribution in [2.75, 3.05) is 0 Å². The fourth-order valence-electron chi connectivity index (χ4n) is 1.15. The molecule has 0 aliphatic rings. The number of fused-ring (bicyclic) bond motifs is 1. The van der Waals surface area contributed by atoms with Gasteiger partial charge in [-0.3, -0.25) is 4.40 Å². The van der Waals surface area contributed by atoms with Gasteiger partial charge >= 0.3 is 0 Å². The second-order valence-corrected chi connectivity index (χ2v) is 3.25. The number of hydrogen-bond acceptors (Lipinski definition) is 3. The van der Waals surface area contributed by atoms with E-state index in [1.165, 1.54) is 0 Å². The molecule has 0 amide bonds. The highest BCUT2D eigenvalue weighted by molar-refractivity contribution is 7.15. The van der Waals surface area contributed by atoms with Gasteiger partial charge in [-0.2, -0.15) is 0 Å². The molecule has 0 spiro atoms. The summed E-state index contributed by atoms with van der Waals surface area (Å²) in [6.07, 6.45) is 1.82. The quantitative estimate of drug-likeness (QED) is 0.694. The molecule has 2 aromatic heterocycles. The van der Waals surface area contributed by atoms with Crippen LogP contribution in [0, 0.1) is 6.92 Å². The summed E-state index contributed by atoms with van der Waals surface area (Å²) in [5.41, 5.74) is 0.917. The number of hydrogen-bond donors (Lipinski definition) is 1. The molecule has 0 saturated heterocycles. The maximum atomic E-state index is 8.93. The zero-order valence-electron chi connectivity index (χ0n) is 6.11. The summed E-state index contributed by atoms with van der Waals surface area (Å²) in [7, 11) is 0. The van der Waals surface area contributed by atoms with Crippen molar-refractivity contribution in [3.63, 3.8) is 0 Å². The van der Waals surface area contributed by atoms with Gasteiger partial charge in [0, 0.05) is 5.38 Å². The van der Waals surface area contributed by atoms with E-state index < -0.39 is 0 Å². The van der Waals surface area contributed by atoms with Gasteiger partial charge in [-0.15, -0.1) is 11.3 Å². The summed E-state index contributed by atoms with van der Waals surface area (Å²) < 4.78 is 1.96. The normalized spacial score (nSPS) is 11.1.